The first kappa shape index (κ1) is 13.5. The van der Waals surface area contributed by atoms with Gasteiger partial charge in [0, 0.05) is 5.56 Å². The van der Waals surface area contributed by atoms with Crippen molar-refractivity contribution in [1.82, 2.24) is 0 Å². The van der Waals surface area contributed by atoms with Crippen LogP contribution in [0, 0.1) is 11.6 Å². The standard InChI is InChI=1S/C16H14ClF2N/c17-13-8-14(18)12(7-15(13)19)16(20)11-5-4-9-2-1-3-10(9)6-11/h4-8,16H,1-3,20H2. The molecule has 1 unspecified atom stereocenters. The van der Waals surface area contributed by atoms with Crippen LogP contribution in [0.2, 0.25) is 5.02 Å². The molecule has 1 atom stereocenters. The molecule has 2 aromatic rings. The van der Waals surface area contributed by atoms with Crippen LogP contribution in [0.15, 0.2) is 30.3 Å². The van der Waals surface area contributed by atoms with Crippen LogP contribution in [0.5, 0.6) is 0 Å². The number of rotatable bonds is 2. The lowest BCUT2D eigenvalue weighted by Crippen LogP contribution is -2.14. The lowest BCUT2D eigenvalue weighted by Gasteiger charge is -2.15. The highest BCUT2D eigenvalue weighted by Crippen LogP contribution is 2.30. The van der Waals surface area contributed by atoms with Crippen molar-refractivity contribution in [1.29, 1.82) is 0 Å². The molecule has 0 saturated carbocycles. The molecule has 0 heterocycles. The first-order valence-electron chi connectivity index (χ1n) is 6.58. The molecule has 0 aliphatic heterocycles. The fourth-order valence-corrected chi connectivity index (χ4v) is 2.89. The monoisotopic (exact) mass is 293 g/mol. The average Bonchev–Trinajstić information content (AvgIpc) is 2.89. The van der Waals surface area contributed by atoms with E-state index in [-0.39, 0.29) is 10.6 Å². The van der Waals surface area contributed by atoms with Gasteiger partial charge in [-0.25, -0.2) is 8.78 Å². The van der Waals surface area contributed by atoms with Crippen molar-refractivity contribution in [2.75, 3.05) is 0 Å². The second-order valence-electron chi connectivity index (χ2n) is 5.15. The third kappa shape index (κ3) is 2.32. The summed E-state index contributed by atoms with van der Waals surface area (Å²) < 4.78 is 27.4. The molecule has 104 valence electrons. The Balaban J connectivity index is 2.00. The first-order chi connectivity index (χ1) is 9.56. The van der Waals surface area contributed by atoms with Gasteiger partial charge in [0.15, 0.2) is 0 Å². The van der Waals surface area contributed by atoms with E-state index in [4.69, 9.17) is 17.3 Å². The third-order valence-electron chi connectivity index (χ3n) is 3.86. The van der Waals surface area contributed by atoms with Gasteiger partial charge < -0.3 is 5.73 Å². The van der Waals surface area contributed by atoms with Gasteiger partial charge in [0.1, 0.15) is 11.6 Å². The Hall–Kier alpha value is -1.45. The molecule has 2 aromatic carbocycles. The van der Waals surface area contributed by atoms with Crippen LogP contribution in [-0.4, -0.2) is 0 Å². The van der Waals surface area contributed by atoms with E-state index in [1.165, 1.54) is 11.1 Å². The summed E-state index contributed by atoms with van der Waals surface area (Å²) in [5, 5.41) is -0.229. The molecule has 0 bridgehead atoms. The molecular formula is C16H14ClF2N. The average molecular weight is 294 g/mol. The topological polar surface area (TPSA) is 26.0 Å². The molecule has 4 heteroatoms. The molecule has 1 aliphatic rings. The maximum atomic E-state index is 13.9. The Morgan fingerprint density at radius 1 is 1.00 bits per heavy atom. The Kier molecular flexibility index (Phi) is 3.48. The Labute approximate surface area is 121 Å². The lowest BCUT2D eigenvalue weighted by atomic mass is 9.96. The fourth-order valence-electron chi connectivity index (χ4n) is 2.74. The summed E-state index contributed by atoms with van der Waals surface area (Å²) in [6, 6.07) is 7.28. The summed E-state index contributed by atoms with van der Waals surface area (Å²) in [5.41, 5.74) is 9.59. The summed E-state index contributed by atoms with van der Waals surface area (Å²) in [4.78, 5) is 0. The number of hydrogen-bond donors (Lipinski definition) is 1. The van der Waals surface area contributed by atoms with Crippen LogP contribution in [0.3, 0.4) is 0 Å². The summed E-state index contributed by atoms with van der Waals surface area (Å²) in [5.74, 6) is -1.23. The van der Waals surface area contributed by atoms with Gasteiger partial charge in [-0.2, -0.15) is 0 Å². The van der Waals surface area contributed by atoms with Crippen LogP contribution in [-0.2, 0) is 12.8 Å². The minimum absolute atomic E-state index is 0.129. The molecule has 20 heavy (non-hydrogen) atoms. The fraction of sp³-hybridized carbons (Fsp3) is 0.250. The quantitative estimate of drug-likeness (QED) is 0.827. The molecule has 0 fully saturated rings. The van der Waals surface area contributed by atoms with Gasteiger partial charge in [0.05, 0.1) is 11.1 Å². The maximum Gasteiger partial charge on any atom is 0.142 e. The molecule has 3 rings (SSSR count). The number of nitrogens with two attached hydrogens (primary N) is 1. The molecule has 1 aliphatic carbocycles. The van der Waals surface area contributed by atoms with E-state index in [0.29, 0.717) is 0 Å². The van der Waals surface area contributed by atoms with Gasteiger partial charge in [0.2, 0.25) is 0 Å². The van der Waals surface area contributed by atoms with Gasteiger partial charge in [-0.3, -0.25) is 0 Å². The summed E-state index contributed by atoms with van der Waals surface area (Å²) in [7, 11) is 0. The van der Waals surface area contributed by atoms with Crippen LogP contribution in [0.25, 0.3) is 0 Å². The van der Waals surface area contributed by atoms with E-state index in [1.54, 1.807) is 0 Å². The molecule has 1 nitrogen and oxygen atoms in total. The Bertz CT molecular complexity index is 670. The van der Waals surface area contributed by atoms with E-state index in [1.807, 2.05) is 18.2 Å². The minimum Gasteiger partial charge on any atom is -0.320 e. The highest BCUT2D eigenvalue weighted by molar-refractivity contribution is 6.30. The van der Waals surface area contributed by atoms with Crippen molar-refractivity contribution in [3.63, 3.8) is 0 Å². The van der Waals surface area contributed by atoms with E-state index in [9.17, 15) is 8.78 Å². The van der Waals surface area contributed by atoms with Gasteiger partial charge in [-0.05, 0) is 48.1 Å². The third-order valence-corrected chi connectivity index (χ3v) is 4.15. The van der Waals surface area contributed by atoms with Crippen LogP contribution >= 0.6 is 11.6 Å². The van der Waals surface area contributed by atoms with Crippen LogP contribution < -0.4 is 5.73 Å². The molecule has 0 amide bonds. The van der Waals surface area contributed by atoms with E-state index in [0.717, 1.165) is 37.0 Å². The van der Waals surface area contributed by atoms with Crippen LogP contribution in [0.4, 0.5) is 8.78 Å². The molecule has 0 saturated heterocycles. The summed E-state index contributed by atoms with van der Waals surface area (Å²) >= 11 is 5.56. The maximum absolute atomic E-state index is 13.9. The van der Waals surface area contributed by atoms with Crippen molar-refractivity contribution < 1.29 is 8.78 Å². The van der Waals surface area contributed by atoms with E-state index in [2.05, 4.69) is 0 Å². The first-order valence-corrected chi connectivity index (χ1v) is 6.96. The largest absolute Gasteiger partial charge is 0.320 e. The zero-order valence-corrected chi connectivity index (χ0v) is 11.6. The highest BCUT2D eigenvalue weighted by Gasteiger charge is 2.19. The summed E-state index contributed by atoms with van der Waals surface area (Å²) in [6.45, 7) is 0. The number of halogens is 3. The Morgan fingerprint density at radius 3 is 2.55 bits per heavy atom. The van der Waals surface area contributed by atoms with Gasteiger partial charge >= 0.3 is 0 Å². The van der Waals surface area contributed by atoms with Crippen molar-refractivity contribution in [3.8, 4) is 0 Å². The molecule has 0 aromatic heterocycles. The number of benzene rings is 2. The minimum atomic E-state index is -0.687. The van der Waals surface area contributed by atoms with Gasteiger partial charge in [0.25, 0.3) is 0 Å². The number of aryl methyl sites for hydroxylation is 2. The molecular weight excluding hydrogens is 280 g/mol. The van der Waals surface area contributed by atoms with Gasteiger partial charge in [-0.1, -0.05) is 29.8 Å². The summed E-state index contributed by atoms with van der Waals surface area (Å²) in [6.07, 6.45) is 3.24. The smallest absolute Gasteiger partial charge is 0.142 e. The van der Waals surface area contributed by atoms with Crippen LogP contribution in [0.1, 0.15) is 34.7 Å². The van der Waals surface area contributed by atoms with E-state index >= 15 is 0 Å². The number of hydrogen-bond acceptors (Lipinski definition) is 1. The second kappa shape index (κ2) is 5.15. The number of fused-ring (bicyclic) bond motifs is 1. The zero-order chi connectivity index (χ0) is 14.3. The molecule has 2 N–H and O–H groups in total. The normalized spacial score (nSPS) is 15.2. The molecule has 0 spiro atoms. The van der Waals surface area contributed by atoms with Crippen molar-refractivity contribution >= 4 is 11.6 Å². The Morgan fingerprint density at radius 2 is 1.75 bits per heavy atom. The zero-order valence-electron chi connectivity index (χ0n) is 10.8. The highest BCUT2D eigenvalue weighted by atomic mass is 35.5. The van der Waals surface area contributed by atoms with Crippen molar-refractivity contribution in [3.05, 3.63) is 69.2 Å². The van der Waals surface area contributed by atoms with E-state index < -0.39 is 17.7 Å². The predicted molar refractivity (Wildman–Crippen MR) is 75.9 cm³/mol. The van der Waals surface area contributed by atoms with Gasteiger partial charge in [-0.15, -0.1) is 0 Å². The SMILES string of the molecule is NC(c1ccc2c(c1)CCC2)c1cc(F)c(Cl)cc1F. The van der Waals surface area contributed by atoms with Crippen molar-refractivity contribution in [2.24, 2.45) is 5.73 Å². The lowest BCUT2D eigenvalue weighted by molar-refractivity contribution is 0.577. The van der Waals surface area contributed by atoms with Crippen molar-refractivity contribution in [2.45, 2.75) is 25.3 Å². The second-order valence-corrected chi connectivity index (χ2v) is 5.55. The predicted octanol–water partition coefficient (Wildman–Crippen LogP) is 4.16. The molecule has 0 radical (unpaired) electrons.